The van der Waals surface area contributed by atoms with Crippen LogP contribution in [0.4, 0.5) is 11.5 Å². The number of hydrogen-bond donors (Lipinski definition) is 1. The van der Waals surface area contributed by atoms with Crippen LogP contribution in [0.5, 0.6) is 0 Å². The molecule has 1 aliphatic rings. The van der Waals surface area contributed by atoms with E-state index >= 15 is 0 Å². The molecule has 0 atom stereocenters. The third kappa shape index (κ3) is 3.42. The maximum atomic E-state index is 6.39. The predicted molar refractivity (Wildman–Crippen MR) is 115 cm³/mol. The molecule has 4 nitrogen and oxygen atoms in total. The Hall–Kier alpha value is -2.46. The Bertz CT molecular complexity index is 974. The minimum atomic E-state index is 0.765. The number of aromatic nitrogens is 2. The molecule has 140 valence electrons. The lowest BCUT2D eigenvalue weighted by atomic mass is 10.0. The Morgan fingerprint density at radius 2 is 1.96 bits per heavy atom. The fraction of sp³-hybridized carbons (Fsp3) is 0.318. The summed E-state index contributed by atoms with van der Waals surface area (Å²) in [5.74, 6) is 1.10. The van der Waals surface area contributed by atoms with Gasteiger partial charge in [-0.3, -0.25) is 0 Å². The van der Waals surface area contributed by atoms with Crippen LogP contribution in [0.3, 0.4) is 0 Å². The van der Waals surface area contributed by atoms with Gasteiger partial charge in [-0.15, -0.1) is 0 Å². The van der Waals surface area contributed by atoms with Gasteiger partial charge in [0.2, 0.25) is 0 Å². The number of nitrogens with zero attached hydrogens (tertiary/aromatic N) is 3. The predicted octanol–water partition coefficient (Wildman–Crippen LogP) is 5.32. The molecule has 0 fully saturated rings. The largest absolute Gasteiger partial charge is 0.378 e. The molecule has 0 spiro atoms. The second-order valence-electron chi connectivity index (χ2n) is 7.35. The molecule has 0 radical (unpaired) electrons. The van der Waals surface area contributed by atoms with Gasteiger partial charge in [-0.2, -0.15) is 5.10 Å². The number of hydrogen-bond acceptors (Lipinski definition) is 3. The lowest BCUT2D eigenvalue weighted by Crippen LogP contribution is -2.08. The molecule has 4 rings (SSSR count). The average molecular weight is 381 g/mol. The average Bonchev–Trinajstić information content (AvgIpc) is 2.85. The summed E-state index contributed by atoms with van der Waals surface area (Å²) in [6, 6.07) is 14.7. The quantitative estimate of drug-likeness (QED) is 0.667. The van der Waals surface area contributed by atoms with E-state index in [1.165, 1.54) is 24.1 Å². The number of halogens is 1. The van der Waals surface area contributed by atoms with E-state index in [9.17, 15) is 0 Å². The number of anilines is 2. The molecule has 0 saturated heterocycles. The highest BCUT2D eigenvalue weighted by Gasteiger charge is 2.22. The number of rotatable bonds is 3. The van der Waals surface area contributed by atoms with Gasteiger partial charge < -0.3 is 10.2 Å². The van der Waals surface area contributed by atoms with Crippen molar-refractivity contribution in [3.8, 4) is 16.9 Å². The fourth-order valence-electron chi connectivity index (χ4n) is 3.57. The van der Waals surface area contributed by atoms with Crippen molar-refractivity contribution in [1.82, 2.24) is 9.78 Å². The van der Waals surface area contributed by atoms with Crippen molar-refractivity contribution in [2.24, 2.45) is 0 Å². The minimum Gasteiger partial charge on any atom is -0.378 e. The number of aryl methyl sites for hydroxylation is 1. The Labute approximate surface area is 165 Å². The van der Waals surface area contributed by atoms with Crippen LogP contribution in [0, 0.1) is 6.92 Å². The van der Waals surface area contributed by atoms with Gasteiger partial charge >= 0.3 is 0 Å². The van der Waals surface area contributed by atoms with Gasteiger partial charge in [0.15, 0.2) is 0 Å². The van der Waals surface area contributed by atoms with Crippen LogP contribution in [0.25, 0.3) is 16.9 Å². The molecule has 3 aromatic rings. The van der Waals surface area contributed by atoms with Crippen LogP contribution < -0.4 is 10.2 Å². The van der Waals surface area contributed by atoms with E-state index in [4.69, 9.17) is 16.7 Å². The molecular weight excluding hydrogens is 356 g/mol. The third-order valence-corrected chi connectivity index (χ3v) is 5.57. The highest BCUT2D eigenvalue weighted by molar-refractivity contribution is 6.31. The Kier molecular flexibility index (Phi) is 4.83. The topological polar surface area (TPSA) is 33.1 Å². The summed E-state index contributed by atoms with van der Waals surface area (Å²) in [5.41, 5.74) is 6.74. The van der Waals surface area contributed by atoms with Crippen LogP contribution in [-0.2, 0) is 6.42 Å². The third-order valence-electron chi connectivity index (χ3n) is 5.17. The summed E-state index contributed by atoms with van der Waals surface area (Å²) >= 11 is 6.39. The van der Waals surface area contributed by atoms with Crippen LogP contribution in [0.15, 0.2) is 42.5 Å². The van der Waals surface area contributed by atoms with Gasteiger partial charge in [0.05, 0.1) is 11.4 Å². The zero-order valence-electron chi connectivity index (χ0n) is 16.1. The minimum absolute atomic E-state index is 0.765. The van der Waals surface area contributed by atoms with Gasteiger partial charge in [-0.1, -0.05) is 29.8 Å². The second-order valence-corrected chi connectivity index (χ2v) is 7.76. The highest BCUT2D eigenvalue weighted by Crippen LogP contribution is 2.35. The first-order valence-electron chi connectivity index (χ1n) is 9.44. The summed E-state index contributed by atoms with van der Waals surface area (Å²) in [6.45, 7) is 2.99. The Morgan fingerprint density at radius 1 is 1.11 bits per heavy atom. The molecule has 0 unspecified atom stereocenters. The van der Waals surface area contributed by atoms with Gasteiger partial charge in [0.1, 0.15) is 5.82 Å². The summed E-state index contributed by atoms with van der Waals surface area (Å²) in [4.78, 5) is 2.12. The molecule has 2 aromatic carbocycles. The maximum absolute atomic E-state index is 6.39. The SMILES string of the molecule is Cc1ccc(-n2nc(-c3cccc(N(C)C)c3)c3c2NCCCC3)cc1Cl. The molecule has 0 bridgehead atoms. The highest BCUT2D eigenvalue weighted by atomic mass is 35.5. The van der Waals surface area contributed by atoms with Crippen molar-refractivity contribution in [1.29, 1.82) is 0 Å². The molecule has 2 heterocycles. The van der Waals surface area contributed by atoms with E-state index in [1.54, 1.807) is 0 Å². The smallest absolute Gasteiger partial charge is 0.133 e. The van der Waals surface area contributed by atoms with Crippen molar-refractivity contribution in [3.63, 3.8) is 0 Å². The van der Waals surface area contributed by atoms with Crippen molar-refractivity contribution in [2.75, 3.05) is 30.9 Å². The molecular formula is C22H25ClN4. The van der Waals surface area contributed by atoms with E-state index in [-0.39, 0.29) is 0 Å². The van der Waals surface area contributed by atoms with Crippen molar-refractivity contribution < 1.29 is 0 Å². The summed E-state index contributed by atoms with van der Waals surface area (Å²) < 4.78 is 2.02. The first kappa shape index (κ1) is 17.9. The van der Waals surface area contributed by atoms with Crippen LogP contribution in [-0.4, -0.2) is 30.4 Å². The summed E-state index contributed by atoms with van der Waals surface area (Å²) in [7, 11) is 4.13. The zero-order valence-corrected chi connectivity index (χ0v) is 16.8. The van der Waals surface area contributed by atoms with Crippen molar-refractivity contribution in [2.45, 2.75) is 26.2 Å². The van der Waals surface area contributed by atoms with Gasteiger partial charge in [0, 0.05) is 42.5 Å². The molecule has 1 N–H and O–H groups in total. The molecule has 0 aliphatic carbocycles. The first-order valence-corrected chi connectivity index (χ1v) is 9.82. The van der Waals surface area contributed by atoms with Crippen LogP contribution in [0.2, 0.25) is 5.02 Å². The monoisotopic (exact) mass is 380 g/mol. The second kappa shape index (κ2) is 7.28. The van der Waals surface area contributed by atoms with Crippen molar-refractivity contribution >= 4 is 23.1 Å². The van der Waals surface area contributed by atoms with E-state index in [0.29, 0.717) is 0 Å². The summed E-state index contributed by atoms with van der Waals surface area (Å²) in [5, 5.41) is 9.39. The maximum Gasteiger partial charge on any atom is 0.133 e. The molecule has 1 aliphatic heterocycles. The lowest BCUT2D eigenvalue weighted by Gasteiger charge is -2.13. The molecule has 27 heavy (non-hydrogen) atoms. The van der Waals surface area contributed by atoms with Gasteiger partial charge in [-0.25, -0.2) is 4.68 Å². The molecule has 0 amide bonds. The standard InChI is InChI=1S/C22H25ClN4/c1-15-10-11-18(14-20(15)23)27-22-19(9-4-5-12-24-22)21(25-27)16-7-6-8-17(13-16)26(2)3/h6-8,10-11,13-14,24H,4-5,9,12H2,1-3H3. The molecule has 5 heteroatoms. The lowest BCUT2D eigenvalue weighted by molar-refractivity contribution is 0.780. The van der Waals surface area contributed by atoms with Crippen molar-refractivity contribution in [3.05, 3.63) is 58.6 Å². The zero-order chi connectivity index (χ0) is 19.0. The number of fused-ring (bicyclic) bond motifs is 1. The van der Waals surface area contributed by atoms with Crippen LogP contribution >= 0.6 is 11.6 Å². The van der Waals surface area contributed by atoms with E-state index in [0.717, 1.165) is 46.3 Å². The first-order chi connectivity index (χ1) is 13.0. The van der Waals surface area contributed by atoms with Crippen LogP contribution in [0.1, 0.15) is 24.0 Å². The van der Waals surface area contributed by atoms with E-state index in [1.807, 2.05) is 17.7 Å². The van der Waals surface area contributed by atoms with Gasteiger partial charge in [0.25, 0.3) is 0 Å². The van der Waals surface area contributed by atoms with Gasteiger partial charge in [-0.05, 0) is 56.0 Å². The number of benzene rings is 2. The number of nitrogens with one attached hydrogen (secondary N) is 1. The molecule has 1 aromatic heterocycles. The summed E-state index contributed by atoms with van der Waals surface area (Å²) in [6.07, 6.45) is 3.37. The fourth-order valence-corrected chi connectivity index (χ4v) is 3.74. The van der Waals surface area contributed by atoms with E-state index < -0.39 is 0 Å². The van der Waals surface area contributed by atoms with E-state index in [2.05, 4.69) is 60.7 Å². The molecule has 0 saturated carbocycles. The Balaban J connectivity index is 1.89. The Morgan fingerprint density at radius 3 is 2.74 bits per heavy atom. The normalized spacial score (nSPS) is 13.6.